The lowest BCUT2D eigenvalue weighted by Crippen LogP contribution is -2.39. The second kappa shape index (κ2) is 9.86. The van der Waals surface area contributed by atoms with Crippen LogP contribution in [-0.2, 0) is 9.47 Å². The van der Waals surface area contributed by atoms with Crippen LogP contribution in [0, 0.1) is 35.2 Å². The number of benzene rings is 1. The van der Waals surface area contributed by atoms with Crippen molar-refractivity contribution in [3.8, 4) is 0 Å². The Labute approximate surface area is 177 Å². The standard InChI is InChI=1S/C25H33F3O2/c1-2-3-16-4-6-18(7-5-16)21-14-29-25(30-15-21)19-10-8-17(9-11-19)20-12-22(26)24(28)23(27)13-20/h6,12-13,16-17,19,21,25H,2-5,7-11,14-15H2,1H3. The molecule has 1 atom stereocenters. The lowest BCUT2D eigenvalue weighted by Gasteiger charge is -2.39. The van der Waals surface area contributed by atoms with E-state index in [4.69, 9.17) is 9.47 Å². The van der Waals surface area contributed by atoms with Gasteiger partial charge in [0.2, 0.25) is 0 Å². The van der Waals surface area contributed by atoms with Crippen LogP contribution in [-0.4, -0.2) is 19.5 Å². The average Bonchev–Trinajstić information content (AvgIpc) is 2.78. The monoisotopic (exact) mass is 422 g/mol. The van der Waals surface area contributed by atoms with Gasteiger partial charge in [-0.2, -0.15) is 0 Å². The molecule has 2 nitrogen and oxygen atoms in total. The molecule has 2 fully saturated rings. The number of rotatable bonds is 5. The Kier molecular flexibility index (Phi) is 7.20. The molecule has 0 spiro atoms. The van der Waals surface area contributed by atoms with E-state index < -0.39 is 17.5 Å². The molecule has 0 radical (unpaired) electrons. The first-order valence-corrected chi connectivity index (χ1v) is 11.6. The van der Waals surface area contributed by atoms with Gasteiger partial charge in [0.05, 0.1) is 13.2 Å². The summed E-state index contributed by atoms with van der Waals surface area (Å²) in [5, 5.41) is 0. The average molecular weight is 423 g/mol. The van der Waals surface area contributed by atoms with E-state index in [-0.39, 0.29) is 12.2 Å². The highest BCUT2D eigenvalue weighted by Gasteiger charge is 2.34. The zero-order valence-corrected chi connectivity index (χ0v) is 17.8. The molecular formula is C25H33F3O2. The lowest BCUT2D eigenvalue weighted by molar-refractivity contribution is -0.224. The maximum atomic E-state index is 13.6. The third-order valence-corrected chi connectivity index (χ3v) is 7.33. The molecule has 30 heavy (non-hydrogen) atoms. The van der Waals surface area contributed by atoms with Crippen molar-refractivity contribution >= 4 is 0 Å². The number of halogens is 3. The molecule has 0 aromatic heterocycles. The third-order valence-electron chi connectivity index (χ3n) is 7.33. The van der Waals surface area contributed by atoms with Crippen molar-refractivity contribution in [2.45, 2.75) is 76.9 Å². The first kappa shape index (κ1) is 21.9. The Morgan fingerprint density at radius 1 is 0.900 bits per heavy atom. The molecule has 1 aliphatic heterocycles. The van der Waals surface area contributed by atoms with Gasteiger partial charge in [0.1, 0.15) is 0 Å². The largest absolute Gasteiger partial charge is 0.352 e. The number of hydrogen-bond donors (Lipinski definition) is 0. The zero-order valence-electron chi connectivity index (χ0n) is 17.8. The van der Waals surface area contributed by atoms with Gasteiger partial charge in [0.15, 0.2) is 23.7 Å². The predicted octanol–water partition coefficient (Wildman–Crippen LogP) is 6.89. The van der Waals surface area contributed by atoms with Gasteiger partial charge >= 0.3 is 0 Å². The summed E-state index contributed by atoms with van der Waals surface area (Å²) >= 11 is 0. The van der Waals surface area contributed by atoms with Crippen LogP contribution >= 0.6 is 0 Å². The van der Waals surface area contributed by atoms with E-state index in [0.717, 1.165) is 56.9 Å². The molecule has 3 aliphatic rings. The van der Waals surface area contributed by atoms with Crippen LogP contribution < -0.4 is 0 Å². The molecule has 1 aromatic carbocycles. The SMILES string of the molecule is CCCC1CC=C(C2COC(C3CCC(c4cc(F)c(F)c(F)c4)CC3)OC2)CC1. The third kappa shape index (κ3) is 4.94. The van der Waals surface area contributed by atoms with Gasteiger partial charge < -0.3 is 9.47 Å². The first-order chi connectivity index (χ1) is 14.5. The van der Waals surface area contributed by atoms with E-state index in [1.54, 1.807) is 0 Å². The summed E-state index contributed by atoms with van der Waals surface area (Å²) in [7, 11) is 0. The molecule has 4 rings (SSSR count). The maximum Gasteiger partial charge on any atom is 0.194 e. The van der Waals surface area contributed by atoms with Crippen molar-refractivity contribution in [3.63, 3.8) is 0 Å². The second-order valence-corrected chi connectivity index (χ2v) is 9.35. The number of allylic oxidation sites excluding steroid dienone is 1. The van der Waals surface area contributed by atoms with Gasteiger partial charge in [0.25, 0.3) is 0 Å². The Morgan fingerprint density at radius 3 is 2.13 bits per heavy atom. The maximum absolute atomic E-state index is 13.6. The number of ether oxygens (including phenoxy) is 2. The van der Waals surface area contributed by atoms with E-state index in [0.29, 0.717) is 17.4 Å². The number of hydrogen-bond acceptors (Lipinski definition) is 2. The molecule has 5 heteroatoms. The van der Waals surface area contributed by atoms with Gasteiger partial charge in [0, 0.05) is 11.8 Å². The molecule has 2 aliphatic carbocycles. The molecule has 1 saturated heterocycles. The normalized spacial score (nSPS) is 32.7. The summed E-state index contributed by atoms with van der Waals surface area (Å²) in [6.07, 6.45) is 11.9. The van der Waals surface area contributed by atoms with E-state index >= 15 is 0 Å². The molecule has 1 aromatic rings. The van der Waals surface area contributed by atoms with E-state index in [1.165, 1.54) is 37.7 Å². The quantitative estimate of drug-likeness (QED) is 0.380. The Hall–Kier alpha value is -1.33. The van der Waals surface area contributed by atoms with Crippen LogP contribution in [0.4, 0.5) is 13.2 Å². The van der Waals surface area contributed by atoms with Crippen molar-refractivity contribution < 1.29 is 22.6 Å². The molecule has 0 bridgehead atoms. The van der Waals surface area contributed by atoms with Crippen LogP contribution in [0.2, 0.25) is 0 Å². The minimum atomic E-state index is -1.39. The van der Waals surface area contributed by atoms with Gasteiger partial charge in [-0.15, -0.1) is 0 Å². The minimum absolute atomic E-state index is 0.0608. The summed E-state index contributed by atoms with van der Waals surface area (Å²) in [6, 6.07) is 2.29. The fourth-order valence-electron chi connectivity index (χ4n) is 5.49. The molecule has 0 amide bonds. The van der Waals surface area contributed by atoms with Crippen molar-refractivity contribution in [1.82, 2.24) is 0 Å². The molecule has 0 N–H and O–H groups in total. The van der Waals surface area contributed by atoms with Crippen molar-refractivity contribution in [3.05, 3.63) is 46.8 Å². The molecule has 1 saturated carbocycles. The fourth-order valence-corrected chi connectivity index (χ4v) is 5.49. The summed E-state index contributed by atoms with van der Waals surface area (Å²) < 4.78 is 52.6. The van der Waals surface area contributed by atoms with Crippen LogP contribution in [0.3, 0.4) is 0 Å². The fraction of sp³-hybridized carbons (Fsp3) is 0.680. The highest BCUT2D eigenvalue weighted by atomic mass is 19.2. The Morgan fingerprint density at radius 2 is 1.57 bits per heavy atom. The molecule has 1 unspecified atom stereocenters. The predicted molar refractivity (Wildman–Crippen MR) is 111 cm³/mol. The second-order valence-electron chi connectivity index (χ2n) is 9.35. The Bertz CT molecular complexity index is 724. The van der Waals surface area contributed by atoms with Crippen molar-refractivity contribution in [2.75, 3.05) is 13.2 Å². The smallest absolute Gasteiger partial charge is 0.194 e. The van der Waals surface area contributed by atoms with Crippen molar-refractivity contribution in [2.24, 2.45) is 17.8 Å². The molecule has 1 heterocycles. The van der Waals surface area contributed by atoms with E-state index in [1.807, 2.05) is 0 Å². The van der Waals surface area contributed by atoms with Crippen LogP contribution in [0.1, 0.15) is 76.2 Å². The van der Waals surface area contributed by atoms with Crippen molar-refractivity contribution in [1.29, 1.82) is 0 Å². The van der Waals surface area contributed by atoms with E-state index in [9.17, 15) is 13.2 Å². The molecular weight excluding hydrogens is 389 g/mol. The van der Waals surface area contributed by atoms with Gasteiger partial charge in [-0.25, -0.2) is 13.2 Å². The first-order valence-electron chi connectivity index (χ1n) is 11.6. The van der Waals surface area contributed by atoms with Gasteiger partial charge in [-0.05, 0) is 74.5 Å². The topological polar surface area (TPSA) is 18.5 Å². The molecule has 166 valence electrons. The summed E-state index contributed by atoms with van der Waals surface area (Å²) in [6.45, 7) is 3.71. The summed E-state index contributed by atoms with van der Waals surface area (Å²) in [4.78, 5) is 0. The van der Waals surface area contributed by atoms with Crippen LogP contribution in [0.15, 0.2) is 23.8 Å². The summed E-state index contributed by atoms with van der Waals surface area (Å²) in [5.74, 6) is -2.00. The van der Waals surface area contributed by atoms with Crippen LogP contribution in [0.25, 0.3) is 0 Å². The lowest BCUT2D eigenvalue weighted by atomic mass is 9.78. The minimum Gasteiger partial charge on any atom is -0.352 e. The van der Waals surface area contributed by atoms with Gasteiger partial charge in [-0.1, -0.05) is 31.4 Å². The zero-order chi connectivity index (χ0) is 21.1. The summed E-state index contributed by atoms with van der Waals surface area (Å²) in [5.41, 5.74) is 2.06. The Balaban J connectivity index is 1.25. The van der Waals surface area contributed by atoms with E-state index in [2.05, 4.69) is 13.0 Å². The highest BCUT2D eigenvalue weighted by Crippen LogP contribution is 2.40. The highest BCUT2D eigenvalue weighted by molar-refractivity contribution is 5.23. The van der Waals surface area contributed by atoms with Crippen LogP contribution in [0.5, 0.6) is 0 Å². The van der Waals surface area contributed by atoms with Gasteiger partial charge in [-0.3, -0.25) is 0 Å².